The fraction of sp³-hybridized carbons (Fsp3) is 0.222. The molecule has 0 aliphatic carbocycles. The minimum atomic E-state index is -0.743. The quantitative estimate of drug-likeness (QED) is 0.865. The standard InChI is InChI=1S/C18H16ClFN2O2/c19-13-5-7-14(8-6-13)22-10-9-15(18(22)24)17(23)21-11-12-3-1-2-4-16(12)20/h1-8,15H,9-11H2,(H,21,23)/t15-/m1/s1. The minimum Gasteiger partial charge on any atom is -0.351 e. The van der Waals surface area contributed by atoms with Gasteiger partial charge in [0.1, 0.15) is 11.7 Å². The maximum absolute atomic E-state index is 13.6. The van der Waals surface area contributed by atoms with Crippen LogP contribution in [0.2, 0.25) is 5.02 Å². The Morgan fingerprint density at radius 3 is 2.62 bits per heavy atom. The van der Waals surface area contributed by atoms with Crippen molar-refractivity contribution in [3.63, 3.8) is 0 Å². The molecule has 1 aliphatic heterocycles. The zero-order valence-corrected chi connectivity index (χ0v) is 13.6. The van der Waals surface area contributed by atoms with Crippen molar-refractivity contribution in [2.45, 2.75) is 13.0 Å². The molecule has 124 valence electrons. The average Bonchev–Trinajstić information content (AvgIpc) is 2.96. The van der Waals surface area contributed by atoms with Crippen LogP contribution in [0.15, 0.2) is 48.5 Å². The highest BCUT2D eigenvalue weighted by atomic mass is 35.5. The summed E-state index contributed by atoms with van der Waals surface area (Å²) >= 11 is 5.85. The molecule has 0 radical (unpaired) electrons. The Kier molecular flexibility index (Phi) is 4.81. The van der Waals surface area contributed by atoms with E-state index in [0.717, 1.165) is 0 Å². The number of halogens is 2. The van der Waals surface area contributed by atoms with Gasteiger partial charge in [-0.25, -0.2) is 4.39 Å². The number of amides is 2. The van der Waals surface area contributed by atoms with Crippen LogP contribution in [0, 0.1) is 11.7 Å². The van der Waals surface area contributed by atoms with E-state index in [1.807, 2.05) is 0 Å². The molecule has 1 fully saturated rings. The van der Waals surface area contributed by atoms with Gasteiger partial charge in [-0.05, 0) is 36.8 Å². The van der Waals surface area contributed by atoms with E-state index in [4.69, 9.17) is 11.6 Å². The minimum absolute atomic E-state index is 0.0657. The molecular formula is C18H16ClFN2O2. The molecule has 3 rings (SSSR count). The molecule has 24 heavy (non-hydrogen) atoms. The van der Waals surface area contributed by atoms with E-state index in [0.29, 0.717) is 29.2 Å². The first kappa shape index (κ1) is 16.5. The lowest BCUT2D eigenvalue weighted by Crippen LogP contribution is -2.36. The smallest absolute Gasteiger partial charge is 0.239 e. The monoisotopic (exact) mass is 346 g/mol. The molecule has 1 atom stereocenters. The molecule has 4 nitrogen and oxygen atoms in total. The molecular weight excluding hydrogens is 331 g/mol. The van der Waals surface area contributed by atoms with E-state index >= 15 is 0 Å². The third kappa shape index (κ3) is 3.41. The second-order valence-corrected chi connectivity index (χ2v) is 6.05. The number of hydrogen-bond donors (Lipinski definition) is 1. The lowest BCUT2D eigenvalue weighted by molar-refractivity contribution is -0.132. The number of benzene rings is 2. The Bertz CT molecular complexity index is 764. The highest BCUT2D eigenvalue weighted by molar-refractivity contribution is 6.30. The van der Waals surface area contributed by atoms with Crippen molar-refractivity contribution >= 4 is 29.1 Å². The van der Waals surface area contributed by atoms with Crippen molar-refractivity contribution in [3.05, 3.63) is 64.9 Å². The largest absolute Gasteiger partial charge is 0.351 e. The van der Waals surface area contributed by atoms with E-state index in [1.54, 1.807) is 47.4 Å². The van der Waals surface area contributed by atoms with Crippen LogP contribution >= 0.6 is 11.6 Å². The van der Waals surface area contributed by atoms with Crippen molar-refractivity contribution in [1.29, 1.82) is 0 Å². The predicted molar refractivity (Wildman–Crippen MR) is 90.2 cm³/mol. The fourth-order valence-electron chi connectivity index (χ4n) is 2.75. The van der Waals surface area contributed by atoms with Crippen LogP contribution < -0.4 is 10.2 Å². The summed E-state index contributed by atoms with van der Waals surface area (Å²) in [6, 6.07) is 13.1. The zero-order valence-electron chi connectivity index (χ0n) is 12.8. The van der Waals surface area contributed by atoms with Crippen molar-refractivity contribution in [2.75, 3.05) is 11.4 Å². The van der Waals surface area contributed by atoms with Gasteiger partial charge in [-0.15, -0.1) is 0 Å². The van der Waals surface area contributed by atoms with Crippen LogP contribution in [0.5, 0.6) is 0 Å². The van der Waals surface area contributed by atoms with Gasteiger partial charge in [0.15, 0.2) is 0 Å². The SMILES string of the molecule is O=C(NCc1ccccc1F)[C@H]1CCN(c2ccc(Cl)cc2)C1=O. The second kappa shape index (κ2) is 7.01. The Labute approximate surface area is 144 Å². The average molecular weight is 347 g/mol. The summed E-state index contributed by atoms with van der Waals surface area (Å²) in [5, 5.41) is 3.23. The van der Waals surface area contributed by atoms with Crippen molar-refractivity contribution in [2.24, 2.45) is 5.92 Å². The summed E-state index contributed by atoms with van der Waals surface area (Å²) in [5.74, 6) is -1.74. The first-order chi connectivity index (χ1) is 11.6. The molecule has 0 bridgehead atoms. The van der Waals surface area contributed by atoms with Crippen molar-refractivity contribution in [1.82, 2.24) is 5.32 Å². The normalized spacial score (nSPS) is 17.2. The fourth-order valence-corrected chi connectivity index (χ4v) is 2.87. The summed E-state index contributed by atoms with van der Waals surface area (Å²) in [6.07, 6.45) is 0.435. The summed E-state index contributed by atoms with van der Waals surface area (Å²) in [5.41, 5.74) is 1.11. The van der Waals surface area contributed by atoms with Crippen LogP contribution in [0.4, 0.5) is 10.1 Å². The Hall–Kier alpha value is -2.40. The number of carbonyl (C=O) groups is 2. The van der Waals surface area contributed by atoms with Crippen LogP contribution in [-0.4, -0.2) is 18.4 Å². The van der Waals surface area contributed by atoms with E-state index in [1.165, 1.54) is 6.07 Å². The molecule has 0 spiro atoms. The van der Waals surface area contributed by atoms with E-state index < -0.39 is 5.92 Å². The van der Waals surface area contributed by atoms with Crippen LogP contribution in [0.1, 0.15) is 12.0 Å². The van der Waals surface area contributed by atoms with Gasteiger partial charge in [0.2, 0.25) is 11.8 Å². The molecule has 1 N–H and O–H groups in total. The van der Waals surface area contributed by atoms with Crippen LogP contribution in [0.25, 0.3) is 0 Å². The maximum Gasteiger partial charge on any atom is 0.239 e. The molecule has 1 saturated heterocycles. The topological polar surface area (TPSA) is 49.4 Å². The summed E-state index contributed by atoms with van der Waals surface area (Å²) in [4.78, 5) is 26.3. The lowest BCUT2D eigenvalue weighted by Gasteiger charge is -2.17. The number of nitrogens with zero attached hydrogens (tertiary/aromatic N) is 1. The van der Waals surface area contributed by atoms with Gasteiger partial charge in [-0.2, -0.15) is 0 Å². The Morgan fingerprint density at radius 2 is 1.92 bits per heavy atom. The molecule has 2 aromatic rings. The third-order valence-corrected chi connectivity index (χ3v) is 4.32. The molecule has 0 aromatic heterocycles. The molecule has 2 aromatic carbocycles. The number of nitrogens with one attached hydrogen (secondary N) is 1. The lowest BCUT2D eigenvalue weighted by atomic mass is 10.1. The van der Waals surface area contributed by atoms with Gasteiger partial charge < -0.3 is 10.2 Å². The Balaban J connectivity index is 1.63. The van der Waals surface area contributed by atoms with Gasteiger partial charge >= 0.3 is 0 Å². The van der Waals surface area contributed by atoms with E-state index in [2.05, 4.69) is 5.32 Å². The molecule has 6 heteroatoms. The zero-order chi connectivity index (χ0) is 17.1. The third-order valence-electron chi connectivity index (χ3n) is 4.07. The van der Waals surface area contributed by atoms with Gasteiger partial charge in [-0.1, -0.05) is 29.8 Å². The molecule has 2 amide bonds. The summed E-state index contributed by atoms with van der Waals surface area (Å²) < 4.78 is 13.6. The van der Waals surface area contributed by atoms with Gasteiger partial charge in [0, 0.05) is 29.4 Å². The van der Waals surface area contributed by atoms with Crippen molar-refractivity contribution < 1.29 is 14.0 Å². The number of carbonyl (C=O) groups excluding carboxylic acids is 2. The van der Waals surface area contributed by atoms with E-state index in [9.17, 15) is 14.0 Å². The van der Waals surface area contributed by atoms with Gasteiger partial charge in [0.25, 0.3) is 0 Å². The van der Waals surface area contributed by atoms with Crippen LogP contribution in [0.3, 0.4) is 0 Å². The maximum atomic E-state index is 13.6. The highest BCUT2D eigenvalue weighted by Crippen LogP contribution is 2.26. The molecule has 1 aliphatic rings. The number of rotatable bonds is 4. The predicted octanol–water partition coefficient (Wildman–Crippen LogP) is 3.15. The van der Waals surface area contributed by atoms with Crippen molar-refractivity contribution in [3.8, 4) is 0 Å². The first-order valence-corrected chi connectivity index (χ1v) is 8.02. The molecule has 0 saturated carbocycles. The molecule has 0 unspecified atom stereocenters. The summed E-state index contributed by atoms with van der Waals surface area (Å²) in [6.45, 7) is 0.536. The second-order valence-electron chi connectivity index (χ2n) is 5.62. The highest BCUT2D eigenvalue weighted by Gasteiger charge is 2.37. The first-order valence-electron chi connectivity index (χ1n) is 7.64. The number of hydrogen-bond acceptors (Lipinski definition) is 2. The van der Waals surface area contributed by atoms with Crippen LogP contribution in [-0.2, 0) is 16.1 Å². The Morgan fingerprint density at radius 1 is 1.21 bits per heavy atom. The summed E-state index contributed by atoms with van der Waals surface area (Å²) in [7, 11) is 0. The number of anilines is 1. The molecule has 1 heterocycles. The van der Waals surface area contributed by atoms with E-state index in [-0.39, 0.29) is 24.2 Å². The van der Waals surface area contributed by atoms with Gasteiger partial charge in [-0.3, -0.25) is 9.59 Å². The van der Waals surface area contributed by atoms with Gasteiger partial charge in [0.05, 0.1) is 0 Å².